The first-order valence-electron chi connectivity index (χ1n) is 9.97. The van der Waals surface area contributed by atoms with Crippen LogP contribution in [-0.2, 0) is 11.3 Å². The van der Waals surface area contributed by atoms with Crippen molar-refractivity contribution in [2.24, 2.45) is 0 Å². The van der Waals surface area contributed by atoms with Crippen molar-refractivity contribution >= 4 is 34.1 Å². The standard InChI is InChI=1S/C24H21N3O2S/c28-22(26-14-16-6-5-13-30-16)11-12-27-23(18-8-1-2-9-19(18)24(27)29)20-15-25-21-10-4-3-7-17(20)21/h1-10,13,15,23,25H,11-12,14H2,(H,26,28). The van der Waals surface area contributed by atoms with Crippen molar-refractivity contribution in [1.82, 2.24) is 15.2 Å². The van der Waals surface area contributed by atoms with Crippen molar-refractivity contribution < 1.29 is 9.59 Å². The van der Waals surface area contributed by atoms with Gasteiger partial charge < -0.3 is 15.2 Å². The number of thiophene rings is 1. The fourth-order valence-corrected chi connectivity index (χ4v) is 4.81. The van der Waals surface area contributed by atoms with E-state index in [1.807, 2.05) is 71.1 Å². The Hall–Kier alpha value is -3.38. The van der Waals surface area contributed by atoms with Crippen LogP contribution in [0.1, 0.15) is 38.8 Å². The normalized spacial score (nSPS) is 15.5. The molecule has 0 saturated heterocycles. The van der Waals surface area contributed by atoms with E-state index in [0.717, 1.165) is 26.9 Å². The van der Waals surface area contributed by atoms with Crippen LogP contribution in [0.2, 0.25) is 0 Å². The van der Waals surface area contributed by atoms with Crippen LogP contribution in [0, 0.1) is 0 Å². The lowest BCUT2D eigenvalue weighted by atomic mass is 9.97. The number of para-hydroxylation sites is 1. The number of nitrogens with one attached hydrogen (secondary N) is 2. The van der Waals surface area contributed by atoms with E-state index in [1.165, 1.54) is 0 Å². The number of nitrogens with zero attached hydrogens (tertiary/aromatic N) is 1. The summed E-state index contributed by atoms with van der Waals surface area (Å²) in [5.74, 6) is -0.0724. The zero-order valence-corrected chi connectivity index (χ0v) is 17.1. The molecule has 6 heteroatoms. The van der Waals surface area contributed by atoms with Gasteiger partial charge in [0.05, 0.1) is 12.6 Å². The molecule has 5 nitrogen and oxygen atoms in total. The summed E-state index contributed by atoms with van der Waals surface area (Å²) >= 11 is 1.62. The Bertz CT molecular complexity index is 1210. The zero-order valence-electron chi connectivity index (χ0n) is 16.3. The van der Waals surface area contributed by atoms with Gasteiger partial charge >= 0.3 is 0 Å². The van der Waals surface area contributed by atoms with Gasteiger partial charge in [-0.3, -0.25) is 9.59 Å². The van der Waals surface area contributed by atoms with Crippen molar-refractivity contribution in [2.75, 3.05) is 6.54 Å². The Kier molecular flexibility index (Phi) is 4.85. The molecule has 2 amide bonds. The van der Waals surface area contributed by atoms with Crippen LogP contribution in [0.15, 0.2) is 72.2 Å². The SMILES string of the molecule is O=C(CCN1C(=O)c2ccccc2C1c1c[nH]c2ccccc12)NCc1cccs1. The molecule has 1 aliphatic rings. The van der Waals surface area contributed by atoms with Crippen molar-refractivity contribution in [3.8, 4) is 0 Å². The highest BCUT2D eigenvalue weighted by Crippen LogP contribution is 2.41. The first-order chi connectivity index (χ1) is 14.7. The molecule has 0 fully saturated rings. The molecule has 3 heterocycles. The minimum Gasteiger partial charge on any atom is -0.361 e. The number of carbonyl (C=O) groups is 2. The third kappa shape index (κ3) is 3.29. The van der Waals surface area contributed by atoms with Crippen LogP contribution in [0.25, 0.3) is 10.9 Å². The first-order valence-corrected chi connectivity index (χ1v) is 10.9. The highest BCUT2D eigenvalue weighted by Gasteiger charge is 2.38. The lowest BCUT2D eigenvalue weighted by Gasteiger charge is -2.25. The molecule has 0 radical (unpaired) electrons. The molecule has 2 aromatic heterocycles. The van der Waals surface area contributed by atoms with Crippen LogP contribution in [0.3, 0.4) is 0 Å². The van der Waals surface area contributed by atoms with Crippen LogP contribution in [0.5, 0.6) is 0 Å². The molecule has 0 bridgehead atoms. The van der Waals surface area contributed by atoms with Gasteiger partial charge in [0.2, 0.25) is 5.91 Å². The van der Waals surface area contributed by atoms with Gasteiger partial charge in [0.25, 0.3) is 5.91 Å². The maximum atomic E-state index is 13.2. The molecule has 5 rings (SSSR count). The Morgan fingerprint density at radius 1 is 1.03 bits per heavy atom. The highest BCUT2D eigenvalue weighted by atomic mass is 32.1. The molecule has 150 valence electrons. The van der Waals surface area contributed by atoms with Gasteiger partial charge in [-0.05, 0) is 29.1 Å². The predicted octanol–water partition coefficient (Wildman–Crippen LogP) is 4.48. The maximum Gasteiger partial charge on any atom is 0.255 e. The molecule has 0 spiro atoms. The average Bonchev–Trinajstić information content (AvgIpc) is 3.50. The average molecular weight is 416 g/mol. The number of amides is 2. The van der Waals surface area contributed by atoms with E-state index in [1.54, 1.807) is 11.3 Å². The third-order valence-electron chi connectivity index (χ3n) is 5.59. The van der Waals surface area contributed by atoms with Crippen molar-refractivity contribution in [1.29, 1.82) is 0 Å². The molecular weight excluding hydrogens is 394 g/mol. The number of aromatic nitrogens is 1. The van der Waals surface area contributed by atoms with Gasteiger partial charge in [-0.15, -0.1) is 11.3 Å². The molecule has 1 unspecified atom stereocenters. The van der Waals surface area contributed by atoms with Gasteiger partial charge in [-0.2, -0.15) is 0 Å². The molecule has 2 aromatic carbocycles. The van der Waals surface area contributed by atoms with Crippen molar-refractivity contribution in [2.45, 2.75) is 19.0 Å². The molecule has 0 saturated carbocycles. The largest absolute Gasteiger partial charge is 0.361 e. The third-order valence-corrected chi connectivity index (χ3v) is 6.47. The lowest BCUT2D eigenvalue weighted by molar-refractivity contribution is -0.121. The summed E-state index contributed by atoms with van der Waals surface area (Å²) in [6.07, 6.45) is 2.25. The number of hydrogen-bond acceptors (Lipinski definition) is 3. The maximum absolute atomic E-state index is 13.2. The van der Waals surface area contributed by atoms with E-state index in [4.69, 9.17) is 0 Å². The minimum atomic E-state index is -0.199. The van der Waals surface area contributed by atoms with Crippen LogP contribution in [-0.4, -0.2) is 28.2 Å². The zero-order chi connectivity index (χ0) is 20.5. The van der Waals surface area contributed by atoms with Crippen molar-refractivity contribution in [3.63, 3.8) is 0 Å². The summed E-state index contributed by atoms with van der Waals surface area (Å²) < 4.78 is 0. The predicted molar refractivity (Wildman–Crippen MR) is 118 cm³/mol. The summed E-state index contributed by atoms with van der Waals surface area (Å²) in [7, 11) is 0. The van der Waals surface area contributed by atoms with Crippen molar-refractivity contribution in [3.05, 3.63) is 93.8 Å². The van der Waals surface area contributed by atoms with E-state index in [2.05, 4.69) is 16.4 Å². The molecular formula is C24H21N3O2S. The van der Waals surface area contributed by atoms with E-state index < -0.39 is 0 Å². The van der Waals surface area contributed by atoms with Crippen LogP contribution >= 0.6 is 11.3 Å². The summed E-state index contributed by atoms with van der Waals surface area (Å²) in [5, 5.41) is 6.04. The van der Waals surface area contributed by atoms with Gasteiger partial charge in [0.1, 0.15) is 0 Å². The van der Waals surface area contributed by atoms with E-state index >= 15 is 0 Å². The summed E-state index contributed by atoms with van der Waals surface area (Å²) in [5.41, 5.74) is 3.80. The van der Waals surface area contributed by atoms with Gasteiger partial charge in [-0.25, -0.2) is 0 Å². The minimum absolute atomic E-state index is 0.0214. The number of rotatable bonds is 6. The second-order valence-corrected chi connectivity index (χ2v) is 8.42. The van der Waals surface area contributed by atoms with Gasteiger partial charge in [0.15, 0.2) is 0 Å². The molecule has 2 N–H and O–H groups in total. The van der Waals surface area contributed by atoms with Gasteiger partial charge in [-0.1, -0.05) is 42.5 Å². The van der Waals surface area contributed by atoms with Gasteiger partial charge in [0, 0.05) is 46.1 Å². The Morgan fingerprint density at radius 2 is 1.87 bits per heavy atom. The Labute approximate surface area is 178 Å². The van der Waals surface area contributed by atoms with E-state index in [9.17, 15) is 9.59 Å². The molecule has 4 aromatic rings. The fourth-order valence-electron chi connectivity index (χ4n) is 4.17. The number of aromatic amines is 1. The van der Waals surface area contributed by atoms with Crippen LogP contribution in [0.4, 0.5) is 0 Å². The summed E-state index contributed by atoms with van der Waals surface area (Å²) in [4.78, 5) is 31.9. The Balaban J connectivity index is 1.40. The molecule has 0 aliphatic carbocycles. The quantitative estimate of drug-likeness (QED) is 0.488. The number of hydrogen-bond donors (Lipinski definition) is 2. The smallest absolute Gasteiger partial charge is 0.255 e. The number of benzene rings is 2. The fraction of sp³-hybridized carbons (Fsp3) is 0.167. The lowest BCUT2D eigenvalue weighted by Crippen LogP contribution is -2.33. The second-order valence-electron chi connectivity index (χ2n) is 7.38. The number of H-pyrrole nitrogens is 1. The molecule has 1 aliphatic heterocycles. The van der Waals surface area contributed by atoms with E-state index in [-0.39, 0.29) is 24.3 Å². The topological polar surface area (TPSA) is 65.2 Å². The first kappa shape index (κ1) is 18.6. The molecule has 1 atom stereocenters. The molecule has 30 heavy (non-hydrogen) atoms. The second kappa shape index (κ2) is 7.80. The number of fused-ring (bicyclic) bond motifs is 2. The van der Waals surface area contributed by atoms with Crippen LogP contribution < -0.4 is 5.32 Å². The monoisotopic (exact) mass is 415 g/mol. The summed E-state index contributed by atoms with van der Waals surface area (Å²) in [6.45, 7) is 0.893. The highest BCUT2D eigenvalue weighted by molar-refractivity contribution is 7.09. The Morgan fingerprint density at radius 3 is 2.73 bits per heavy atom. The summed E-state index contributed by atoms with van der Waals surface area (Å²) in [6, 6.07) is 19.6. The number of carbonyl (C=O) groups excluding carboxylic acids is 2. The van der Waals surface area contributed by atoms with E-state index in [0.29, 0.717) is 18.7 Å².